The van der Waals surface area contributed by atoms with Crippen LogP contribution in [-0.4, -0.2) is 97.9 Å². The molecule has 1 saturated heterocycles. The number of rotatable bonds is 8. The van der Waals surface area contributed by atoms with Crippen molar-refractivity contribution in [1.29, 1.82) is 0 Å². The molecule has 0 aliphatic carbocycles. The lowest BCUT2D eigenvalue weighted by molar-refractivity contribution is -0.139. The summed E-state index contributed by atoms with van der Waals surface area (Å²) >= 11 is 0. The van der Waals surface area contributed by atoms with E-state index in [-0.39, 0.29) is 30.2 Å². The minimum atomic E-state index is -0.796. The predicted molar refractivity (Wildman–Crippen MR) is 148 cm³/mol. The van der Waals surface area contributed by atoms with Crippen LogP contribution >= 0.6 is 0 Å². The van der Waals surface area contributed by atoms with Gasteiger partial charge in [-0.25, -0.2) is 14.4 Å². The second kappa shape index (κ2) is 12.6. The molecule has 0 aromatic heterocycles. The number of urea groups is 2. The number of nitrogens with zero attached hydrogens (tertiary/aromatic N) is 3. The number of benzene rings is 1. The summed E-state index contributed by atoms with van der Waals surface area (Å²) in [6.07, 6.45) is 0. The fraction of sp³-hybridized carbons (Fsp3) is 0.607. The SMILES string of the molecule is CCOC(=O)C1=C(CN2CCN(C(=O)NC(C)(C)C)[C@H](C)C2)N(CC)C(=O)N[C@H]1c1cc(OC)ccc1OC. The van der Waals surface area contributed by atoms with E-state index >= 15 is 0 Å². The van der Waals surface area contributed by atoms with Gasteiger partial charge in [-0.1, -0.05) is 0 Å². The molecule has 2 heterocycles. The minimum absolute atomic E-state index is 0.0606. The molecule has 39 heavy (non-hydrogen) atoms. The van der Waals surface area contributed by atoms with Crippen molar-refractivity contribution in [3.63, 3.8) is 0 Å². The summed E-state index contributed by atoms with van der Waals surface area (Å²) in [7, 11) is 3.10. The van der Waals surface area contributed by atoms with Crippen LogP contribution in [0.3, 0.4) is 0 Å². The smallest absolute Gasteiger partial charge is 0.338 e. The summed E-state index contributed by atoms with van der Waals surface area (Å²) in [5.74, 6) is 0.581. The first-order chi connectivity index (χ1) is 18.4. The number of methoxy groups -OCH3 is 2. The number of esters is 1. The summed E-state index contributed by atoms with van der Waals surface area (Å²) in [5, 5.41) is 6.01. The molecule has 0 spiro atoms. The highest BCUT2D eigenvalue weighted by Gasteiger charge is 2.40. The van der Waals surface area contributed by atoms with Gasteiger partial charge >= 0.3 is 18.0 Å². The average Bonchev–Trinajstić information content (AvgIpc) is 2.87. The first-order valence-corrected chi connectivity index (χ1v) is 13.4. The van der Waals surface area contributed by atoms with E-state index in [0.717, 1.165) is 0 Å². The lowest BCUT2D eigenvalue weighted by Gasteiger charge is -2.43. The maximum absolute atomic E-state index is 13.5. The number of amides is 4. The van der Waals surface area contributed by atoms with Crippen LogP contribution in [0.5, 0.6) is 11.5 Å². The molecule has 0 unspecified atom stereocenters. The summed E-state index contributed by atoms with van der Waals surface area (Å²) < 4.78 is 16.5. The van der Waals surface area contributed by atoms with Crippen LogP contribution in [0.2, 0.25) is 0 Å². The number of nitrogens with one attached hydrogen (secondary N) is 2. The average molecular weight is 546 g/mol. The van der Waals surface area contributed by atoms with E-state index in [9.17, 15) is 14.4 Å². The van der Waals surface area contributed by atoms with Crippen LogP contribution in [0, 0.1) is 0 Å². The van der Waals surface area contributed by atoms with Crippen molar-refractivity contribution in [3.8, 4) is 11.5 Å². The second-order valence-corrected chi connectivity index (χ2v) is 10.8. The Kier molecular flexibility index (Phi) is 9.71. The van der Waals surface area contributed by atoms with Gasteiger partial charge in [0.25, 0.3) is 0 Å². The van der Waals surface area contributed by atoms with Crippen molar-refractivity contribution < 1.29 is 28.6 Å². The number of carbonyl (C=O) groups excluding carboxylic acids is 3. The van der Waals surface area contributed by atoms with Crippen LogP contribution in [0.25, 0.3) is 0 Å². The van der Waals surface area contributed by atoms with Crippen molar-refractivity contribution >= 4 is 18.0 Å². The Bertz CT molecular complexity index is 1100. The number of hydrogen-bond acceptors (Lipinski definition) is 7. The van der Waals surface area contributed by atoms with E-state index in [1.54, 1.807) is 44.2 Å². The zero-order valence-corrected chi connectivity index (χ0v) is 24.4. The lowest BCUT2D eigenvalue weighted by atomic mass is 9.93. The van der Waals surface area contributed by atoms with E-state index in [0.29, 0.717) is 61.1 Å². The first kappa shape index (κ1) is 30.1. The Hall–Kier alpha value is -3.47. The number of hydrogen-bond donors (Lipinski definition) is 2. The number of likely N-dealkylation sites (N-methyl/N-ethyl adjacent to an activating group) is 1. The Balaban J connectivity index is 2.01. The summed E-state index contributed by atoms with van der Waals surface area (Å²) in [5.41, 5.74) is 1.19. The fourth-order valence-electron chi connectivity index (χ4n) is 5.04. The molecule has 11 heteroatoms. The van der Waals surface area contributed by atoms with Crippen LogP contribution < -0.4 is 20.1 Å². The van der Waals surface area contributed by atoms with E-state index in [1.165, 1.54) is 0 Å². The zero-order chi connectivity index (χ0) is 28.9. The van der Waals surface area contributed by atoms with E-state index in [2.05, 4.69) is 15.5 Å². The van der Waals surface area contributed by atoms with Gasteiger partial charge in [0.15, 0.2) is 0 Å². The molecule has 1 fully saturated rings. The topological polar surface area (TPSA) is 113 Å². The number of carbonyl (C=O) groups is 3. The molecule has 2 aliphatic heterocycles. The van der Waals surface area contributed by atoms with Crippen LogP contribution in [0.15, 0.2) is 29.5 Å². The molecule has 3 rings (SSSR count). The molecule has 11 nitrogen and oxygen atoms in total. The molecular weight excluding hydrogens is 502 g/mol. The maximum Gasteiger partial charge on any atom is 0.338 e. The van der Waals surface area contributed by atoms with Gasteiger partial charge in [0, 0.05) is 55.6 Å². The van der Waals surface area contributed by atoms with Gasteiger partial charge in [0.2, 0.25) is 0 Å². The maximum atomic E-state index is 13.5. The van der Waals surface area contributed by atoms with Crippen molar-refractivity contribution in [1.82, 2.24) is 25.3 Å². The Morgan fingerprint density at radius 3 is 2.41 bits per heavy atom. The number of ether oxygens (including phenoxy) is 3. The van der Waals surface area contributed by atoms with Crippen molar-refractivity contribution in [3.05, 3.63) is 35.0 Å². The molecule has 1 aromatic rings. The Morgan fingerprint density at radius 1 is 1.13 bits per heavy atom. The van der Waals surface area contributed by atoms with Gasteiger partial charge in [0.1, 0.15) is 11.5 Å². The largest absolute Gasteiger partial charge is 0.497 e. The van der Waals surface area contributed by atoms with Crippen LogP contribution in [-0.2, 0) is 9.53 Å². The van der Waals surface area contributed by atoms with Gasteiger partial charge < -0.3 is 29.7 Å². The molecule has 2 atom stereocenters. The van der Waals surface area contributed by atoms with Gasteiger partial charge in [-0.3, -0.25) is 9.80 Å². The molecule has 216 valence electrons. The Labute approximate surface area is 231 Å². The minimum Gasteiger partial charge on any atom is -0.497 e. The summed E-state index contributed by atoms with van der Waals surface area (Å²) in [4.78, 5) is 45.3. The first-order valence-electron chi connectivity index (χ1n) is 13.4. The summed E-state index contributed by atoms with van der Waals surface area (Å²) in [6.45, 7) is 14.1. The number of piperazine rings is 1. The van der Waals surface area contributed by atoms with Gasteiger partial charge in [-0.2, -0.15) is 0 Å². The van der Waals surface area contributed by atoms with E-state index < -0.39 is 12.0 Å². The fourth-order valence-corrected chi connectivity index (χ4v) is 5.04. The highest BCUT2D eigenvalue weighted by atomic mass is 16.5. The van der Waals surface area contributed by atoms with Crippen LogP contribution in [0.4, 0.5) is 9.59 Å². The van der Waals surface area contributed by atoms with Gasteiger partial charge in [-0.05, 0) is 59.7 Å². The molecule has 1 aromatic carbocycles. The van der Waals surface area contributed by atoms with E-state index in [1.807, 2.05) is 39.5 Å². The summed E-state index contributed by atoms with van der Waals surface area (Å²) in [6, 6.07) is 4.00. The second-order valence-electron chi connectivity index (χ2n) is 10.8. The van der Waals surface area contributed by atoms with Crippen LogP contribution in [0.1, 0.15) is 53.1 Å². The molecule has 2 aliphatic rings. The van der Waals surface area contributed by atoms with Crippen molar-refractivity contribution in [2.75, 3.05) is 53.6 Å². The molecule has 0 bridgehead atoms. The third-order valence-corrected chi connectivity index (χ3v) is 6.83. The lowest BCUT2D eigenvalue weighted by Crippen LogP contribution is -2.59. The predicted octanol–water partition coefficient (Wildman–Crippen LogP) is 3.12. The Morgan fingerprint density at radius 2 is 1.85 bits per heavy atom. The molecular formula is C28H43N5O6. The highest BCUT2D eigenvalue weighted by molar-refractivity contribution is 5.95. The van der Waals surface area contributed by atoms with Gasteiger partial charge in [0.05, 0.1) is 32.4 Å². The van der Waals surface area contributed by atoms with Gasteiger partial charge in [-0.15, -0.1) is 0 Å². The third kappa shape index (κ3) is 6.95. The molecule has 0 saturated carbocycles. The van der Waals surface area contributed by atoms with E-state index in [4.69, 9.17) is 14.2 Å². The monoisotopic (exact) mass is 545 g/mol. The quantitative estimate of drug-likeness (QED) is 0.483. The molecule has 0 radical (unpaired) electrons. The normalized spacial score (nSPS) is 20.5. The standard InChI is InChI=1S/C28H43N5O6/c1-9-32-21(17-31-13-14-33(18(3)16-31)27(36)30-28(4,5)6)23(25(34)39-10-2)24(29-26(32)35)20-15-19(37-7)11-12-22(20)38-8/h11-12,15,18,24H,9-10,13-14,16-17H2,1-8H3,(H,29,35)(H,30,36)/t18-,24+/m1/s1. The highest BCUT2D eigenvalue weighted by Crippen LogP contribution is 2.38. The molecule has 2 N–H and O–H groups in total. The third-order valence-electron chi connectivity index (χ3n) is 6.83. The molecule has 4 amide bonds. The van der Waals surface area contributed by atoms with Crippen molar-refractivity contribution in [2.45, 2.75) is 59.2 Å². The zero-order valence-electron chi connectivity index (χ0n) is 24.4. The van der Waals surface area contributed by atoms with Crippen molar-refractivity contribution in [2.24, 2.45) is 0 Å².